The third-order valence-corrected chi connectivity index (χ3v) is 2.89. The van der Waals surface area contributed by atoms with Crippen LogP contribution in [-0.4, -0.2) is 18.0 Å². The van der Waals surface area contributed by atoms with Crippen LogP contribution in [0.1, 0.15) is 32.4 Å². The molecule has 2 aromatic rings. The lowest BCUT2D eigenvalue weighted by Crippen LogP contribution is -2.35. The first kappa shape index (κ1) is 15.0. The maximum absolute atomic E-state index is 11.8. The number of rotatable bonds is 3. The molecule has 1 unspecified atom stereocenters. The molecule has 4 nitrogen and oxygen atoms in total. The molecule has 0 aliphatic heterocycles. The molecular formula is C17H18NO3. The molecule has 0 bridgehead atoms. The summed E-state index contributed by atoms with van der Waals surface area (Å²) in [5.74, 6) is 0. The Labute approximate surface area is 124 Å². The summed E-state index contributed by atoms with van der Waals surface area (Å²) in [6.07, 6.45) is 1.20. The Kier molecular flexibility index (Phi) is 4.26. The van der Waals surface area contributed by atoms with E-state index < -0.39 is 17.7 Å². The van der Waals surface area contributed by atoms with E-state index in [1.54, 1.807) is 26.8 Å². The number of nitrogens with one attached hydrogen (secondary N) is 1. The van der Waals surface area contributed by atoms with Gasteiger partial charge in [0.1, 0.15) is 11.6 Å². The van der Waals surface area contributed by atoms with E-state index in [0.29, 0.717) is 5.56 Å². The molecule has 0 aromatic heterocycles. The second-order valence-corrected chi connectivity index (χ2v) is 5.80. The molecule has 0 spiro atoms. The average molecular weight is 284 g/mol. The van der Waals surface area contributed by atoms with Gasteiger partial charge in [-0.1, -0.05) is 36.4 Å². The number of carbonyl (C=O) groups is 1. The topological polar surface area (TPSA) is 55.4 Å². The second kappa shape index (κ2) is 5.95. The van der Waals surface area contributed by atoms with Crippen LogP contribution in [0.5, 0.6) is 0 Å². The molecule has 2 rings (SSSR count). The van der Waals surface area contributed by atoms with Gasteiger partial charge in [-0.15, -0.1) is 0 Å². The van der Waals surface area contributed by atoms with Gasteiger partial charge in [0, 0.05) is 0 Å². The molecular weight excluding hydrogens is 266 g/mol. The molecule has 0 fully saturated rings. The minimum atomic E-state index is -0.843. The van der Waals surface area contributed by atoms with Crippen LogP contribution in [0, 0.1) is 0 Å². The van der Waals surface area contributed by atoms with Crippen molar-refractivity contribution in [3.63, 3.8) is 0 Å². The van der Waals surface area contributed by atoms with Crippen LogP contribution in [0.3, 0.4) is 0 Å². The number of hydrogen-bond donors (Lipinski definition) is 1. The maximum atomic E-state index is 11.8. The number of fused-ring (bicyclic) bond motifs is 1. The summed E-state index contributed by atoms with van der Waals surface area (Å²) in [4.78, 5) is 22.9. The van der Waals surface area contributed by atoms with Gasteiger partial charge in [-0.3, -0.25) is 4.79 Å². The maximum Gasteiger partial charge on any atom is 0.408 e. The summed E-state index contributed by atoms with van der Waals surface area (Å²) >= 11 is 0. The summed E-state index contributed by atoms with van der Waals surface area (Å²) in [6.45, 7) is 5.30. The molecule has 0 saturated carbocycles. The van der Waals surface area contributed by atoms with Gasteiger partial charge in [-0.2, -0.15) is 0 Å². The number of ether oxygens (including phenoxy) is 1. The van der Waals surface area contributed by atoms with E-state index in [1.807, 2.05) is 42.7 Å². The van der Waals surface area contributed by atoms with Crippen LogP contribution in [0.15, 0.2) is 42.5 Å². The Hall–Kier alpha value is -2.36. The van der Waals surface area contributed by atoms with Gasteiger partial charge in [0.25, 0.3) is 0 Å². The zero-order valence-corrected chi connectivity index (χ0v) is 12.3. The SMILES string of the molecule is CC(C)(C)OC(=O)NC([C]=O)c1ccc2ccccc2c1. The van der Waals surface area contributed by atoms with Crippen LogP contribution >= 0.6 is 0 Å². The van der Waals surface area contributed by atoms with Crippen molar-refractivity contribution in [2.24, 2.45) is 0 Å². The van der Waals surface area contributed by atoms with Gasteiger partial charge in [0.2, 0.25) is 6.29 Å². The van der Waals surface area contributed by atoms with Crippen LogP contribution in [0.25, 0.3) is 10.8 Å². The molecule has 2 aromatic carbocycles. The molecule has 1 amide bonds. The Bertz CT molecular complexity index is 658. The van der Waals surface area contributed by atoms with Crippen LogP contribution in [0.2, 0.25) is 0 Å². The molecule has 1 radical (unpaired) electrons. The lowest BCUT2D eigenvalue weighted by Gasteiger charge is -2.21. The second-order valence-electron chi connectivity index (χ2n) is 5.80. The largest absolute Gasteiger partial charge is 0.444 e. The average Bonchev–Trinajstić information content (AvgIpc) is 2.42. The molecule has 0 heterocycles. The fourth-order valence-electron chi connectivity index (χ4n) is 1.99. The van der Waals surface area contributed by atoms with Crippen molar-refractivity contribution in [3.8, 4) is 0 Å². The van der Waals surface area contributed by atoms with E-state index in [1.165, 1.54) is 0 Å². The smallest absolute Gasteiger partial charge is 0.408 e. The van der Waals surface area contributed by atoms with Crippen molar-refractivity contribution < 1.29 is 14.3 Å². The van der Waals surface area contributed by atoms with Gasteiger partial charge in [-0.25, -0.2) is 4.79 Å². The fourth-order valence-corrected chi connectivity index (χ4v) is 1.99. The lowest BCUT2D eigenvalue weighted by molar-refractivity contribution is 0.0517. The predicted molar refractivity (Wildman–Crippen MR) is 81.8 cm³/mol. The van der Waals surface area contributed by atoms with Gasteiger partial charge in [-0.05, 0) is 43.2 Å². The van der Waals surface area contributed by atoms with Crippen molar-refractivity contribution in [1.82, 2.24) is 5.32 Å². The van der Waals surface area contributed by atoms with Crippen molar-refractivity contribution in [2.75, 3.05) is 0 Å². The molecule has 109 valence electrons. The first-order chi connectivity index (χ1) is 9.89. The standard InChI is InChI=1S/C17H18NO3/c1-17(2,3)21-16(20)18-15(11-19)14-9-8-12-6-4-5-7-13(12)10-14/h4-10,15H,1-3H3,(H,18,20). The van der Waals surface area contributed by atoms with E-state index in [2.05, 4.69) is 5.32 Å². The Morgan fingerprint density at radius 1 is 1.14 bits per heavy atom. The number of carbonyl (C=O) groups excluding carboxylic acids is 2. The number of benzene rings is 2. The minimum absolute atomic E-state index is 0.610. The van der Waals surface area contributed by atoms with Gasteiger partial charge >= 0.3 is 6.09 Å². The van der Waals surface area contributed by atoms with Gasteiger partial charge < -0.3 is 10.1 Å². The number of amides is 1. The Balaban J connectivity index is 2.19. The van der Waals surface area contributed by atoms with Crippen LogP contribution < -0.4 is 5.32 Å². The highest BCUT2D eigenvalue weighted by Gasteiger charge is 2.20. The highest BCUT2D eigenvalue weighted by molar-refractivity contribution is 5.84. The molecule has 0 aliphatic carbocycles. The van der Waals surface area contributed by atoms with Crippen LogP contribution in [-0.2, 0) is 9.53 Å². The molecule has 0 saturated heterocycles. The zero-order chi connectivity index (χ0) is 15.5. The first-order valence-corrected chi connectivity index (χ1v) is 6.75. The highest BCUT2D eigenvalue weighted by Crippen LogP contribution is 2.20. The van der Waals surface area contributed by atoms with Crippen molar-refractivity contribution in [3.05, 3.63) is 48.0 Å². The Morgan fingerprint density at radius 2 is 1.81 bits per heavy atom. The van der Waals surface area contributed by atoms with Crippen molar-refractivity contribution in [1.29, 1.82) is 0 Å². The normalized spacial score (nSPS) is 12.7. The molecule has 1 N–H and O–H groups in total. The van der Waals surface area contributed by atoms with E-state index in [-0.39, 0.29) is 0 Å². The molecule has 1 atom stereocenters. The van der Waals surface area contributed by atoms with E-state index >= 15 is 0 Å². The highest BCUT2D eigenvalue weighted by atomic mass is 16.6. The predicted octanol–water partition coefficient (Wildman–Crippen LogP) is 3.52. The first-order valence-electron chi connectivity index (χ1n) is 6.75. The van der Waals surface area contributed by atoms with E-state index in [4.69, 9.17) is 4.74 Å². The molecule has 4 heteroatoms. The molecule has 0 aliphatic rings. The van der Waals surface area contributed by atoms with E-state index in [9.17, 15) is 9.59 Å². The van der Waals surface area contributed by atoms with Gasteiger partial charge in [0.15, 0.2) is 0 Å². The quantitative estimate of drug-likeness (QED) is 0.938. The summed E-state index contributed by atoms with van der Waals surface area (Å²) in [6, 6.07) is 12.5. The monoisotopic (exact) mass is 284 g/mol. The third kappa shape index (κ3) is 4.05. The van der Waals surface area contributed by atoms with E-state index in [0.717, 1.165) is 10.8 Å². The fraction of sp³-hybridized carbons (Fsp3) is 0.294. The summed E-state index contributed by atoms with van der Waals surface area (Å²) in [7, 11) is 0. The van der Waals surface area contributed by atoms with Crippen LogP contribution in [0.4, 0.5) is 4.79 Å². The summed E-state index contributed by atoms with van der Waals surface area (Å²) in [5.41, 5.74) is 0.0653. The summed E-state index contributed by atoms with van der Waals surface area (Å²) in [5, 5.41) is 4.59. The number of alkyl carbamates (subject to hydrolysis) is 1. The number of hydrogen-bond acceptors (Lipinski definition) is 3. The van der Waals surface area contributed by atoms with Crippen molar-refractivity contribution in [2.45, 2.75) is 32.4 Å². The third-order valence-electron chi connectivity index (χ3n) is 2.89. The van der Waals surface area contributed by atoms with Gasteiger partial charge in [0.05, 0.1) is 0 Å². The summed E-state index contributed by atoms with van der Waals surface area (Å²) < 4.78 is 5.15. The molecule has 21 heavy (non-hydrogen) atoms. The Morgan fingerprint density at radius 3 is 2.43 bits per heavy atom. The zero-order valence-electron chi connectivity index (χ0n) is 12.3. The van der Waals surface area contributed by atoms with Crippen molar-refractivity contribution >= 4 is 23.2 Å². The minimum Gasteiger partial charge on any atom is -0.444 e. The lowest BCUT2D eigenvalue weighted by atomic mass is 10.0.